The number of unbranched alkanes of at least 4 members (excludes halogenated alkanes) is 23. The Morgan fingerprint density at radius 2 is 0.975 bits per heavy atom. The molecular formula is C36H70O4. The summed E-state index contributed by atoms with van der Waals surface area (Å²) in [6, 6.07) is 0. The summed E-state index contributed by atoms with van der Waals surface area (Å²) in [5, 5.41) is 9.53. The van der Waals surface area contributed by atoms with E-state index in [1.807, 2.05) is 0 Å². The maximum Gasteiger partial charge on any atom is 0.306 e. The molecule has 0 aliphatic heterocycles. The van der Waals surface area contributed by atoms with Crippen LogP contribution in [0.2, 0.25) is 0 Å². The molecule has 0 radical (unpaired) electrons. The van der Waals surface area contributed by atoms with Gasteiger partial charge in [0.2, 0.25) is 0 Å². The third kappa shape index (κ3) is 31.7. The summed E-state index contributed by atoms with van der Waals surface area (Å²) in [7, 11) is 0. The normalized spacial score (nSPS) is 12.4. The number of hydrogen-bond acceptors (Lipinski definition) is 4. The van der Waals surface area contributed by atoms with Crippen molar-refractivity contribution in [1.29, 1.82) is 0 Å². The largest absolute Gasteiger partial charge is 0.457 e. The monoisotopic (exact) mass is 567 g/mol. The first-order chi connectivity index (χ1) is 19.7. The van der Waals surface area contributed by atoms with Crippen molar-refractivity contribution in [2.75, 3.05) is 19.8 Å². The Kier molecular flexibility index (Phi) is 33.6. The lowest BCUT2D eigenvalue weighted by Gasteiger charge is -2.15. The average Bonchev–Trinajstić information content (AvgIpc) is 2.96. The molecule has 4 nitrogen and oxygen atoms in total. The maximum absolute atomic E-state index is 12.1. The van der Waals surface area contributed by atoms with Crippen molar-refractivity contribution in [2.24, 2.45) is 0 Å². The Bertz CT molecular complexity index is 519. The van der Waals surface area contributed by atoms with Crippen molar-refractivity contribution < 1.29 is 19.4 Å². The van der Waals surface area contributed by atoms with Crippen molar-refractivity contribution in [3.63, 3.8) is 0 Å². The highest BCUT2D eigenvalue weighted by Gasteiger charge is 2.13. The first kappa shape index (κ1) is 39.1. The summed E-state index contributed by atoms with van der Waals surface area (Å²) in [4.78, 5) is 12.1. The second-order valence-electron chi connectivity index (χ2n) is 11.9. The zero-order valence-corrected chi connectivity index (χ0v) is 27.1. The van der Waals surface area contributed by atoms with Crippen LogP contribution in [0.15, 0.2) is 12.2 Å². The Morgan fingerprint density at radius 3 is 1.43 bits per heavy atom. The van der Waals surface area contributed by atoms with Crippen molar-refractivity contribution in [3.05, 3.63) is 12.2 Å². The summed E-state index contributed by atoms with van der Waals surface area (Å²) in [6.45, 7) is 5.35. The standard InChI is InChI=1S/C36H70O4/c1-3-5-7-9-11-13-15-17-19-21-23-25-27-29-31-36(38)40-35(33-37)34-39-32-30-28-26-24-22-20-18-16-14-12-10-8-6-4-2/h15,17,35,37H,3-14,16,18-34H2,1-2H3/b17-15-. The summed E-state index contributed by atoms with van der Waals surface area (Å²) < 4.78 is 11.1. The molecule has 1 unspecified atom stereocenters. The molecular weight excluding hydrogens is 496 g/mol. The third-order valence-corrected chi connectivity index (χ3v) is 7.84. The quantitative estimate of drug-likeness (QED) is 0.0487. The van der Waals surface area contributed by atoms with Crippen LogP contribution < -0.4 is 0 Å². The van der Waals surface area contributed by atoms with E-state index in [2.05, 4.69) is 26.0 Å². The van der Waals surface area contributed by atoms with Crippen molar-refractivity contribution >= 4 is 5.97 Å². The number of rotatable bonds is 33. The molecule has 238 valence electrons. The Hall–Kier alpha value is -0.870. The predicted molar refractivity (Wildman–Crippen MR) is 173 cm³/mol. The van der Waals surface area contributed by atoms with Crippen LogP contribution in [0, 0.1) is 0 Å². The van der Waals surface area contributed by atoms with Gasteiger partial charge < -0.3 is 14.6 Å². The predicted octanol–water partition coefficient (Wildman–Crippen LogP) is 11.0. The first-order valence-corrected chi connectivity index (χ1v) is 17.8. The van der Waals surface area contributed by atoms with Gasteiger partial charge in [0, 0.05) is 13.0 Å². The molecule has 0 aromatic heterocycles. The summed E-state index contributed by atoms with van der Waals surface area (Å²) >= 11 is 0. The van der Waals surface area contributed by atoms with Crippen molar-refractivity contribution in [3.8, 4) is 0 Å². The number of allylic oxidation sites excluding steroid dienone is 2. The molecule has 0 rings (SSSR count). The number of esters is 1. The molecule has 0 aromatic carbocycles. The highest BCUT2D eigenvalue weighted by molar-refractivity contribution is 5.69. The van der Waals surface area contributed by atoms with E-state index in [0.717, 1.165) is 19.3 Å². The van der Waals surface area contributed by atoms with Gasteiger partial charge in [-0.15, -0.1) is 0 Å². The van der Waals surface area contributed by atoms with E-state index in [1.165, 1.54) is 148 Å². The molecule has 0 spiro atoms. The van der Waals surface area contributed by atoms with Crippen LogP contribution in [0.1, 0.15) is 187 Å². The molecule has 0 saturated carbocycles. The summed E-state index contributed by atoms with van der Waals surface area (Å²) in [5.74, 6) is -0.207. The SMILES string of the molecule is CCCCCCC/C=C\CCCCCCCC(=O)OC(CO)COCCCCCCCCCCCCCCCC. The van der Waals surface area contributed by atoms with Gasteiger partial charge in [-0.2, -0.15) is 0 Å². The van der Waals surface area contributed by atoms with Crippen LogP contribution in [0.25, 0.3) is 0 Å². The minimum absolute atomic E-state index is 0.170. The number of aliphatic hydroxyl groups excluding tert-OH is 1. The van der Waals surface area contributed by atoms with E-state index in [1.54, 1.807) is 0 Å². The van der Waals surface area contributed by atoms with Crippen LogP contribution in [0.3, 0.4) is 0 Å². The summed E-state index contributed by atoms with van der Waals surface area (Å²) in [5.41, 5.74) is 0. The molecule has 0 aromatic rings. The van der Waals surface area contributed by atoms with Gasteiger partial charge in [-0.3, -0.25) is 4.79 Å². The molecule has 0 aliphatic carbocycles. The smallest absolute Gasteiger partial charge is 0.306 e. The molecule has 0 amide bonds. The molecule has 1 N–H and O–H groups in total. The van der Waals surface area contributed by atoms with E-state index in [-0.39, 0.29) is 12.6 Å². The van der Waals surface area contributed by atoms with Gasteiger partial charge in [0.25, 0.3) is 0 Å². The van der Waals surface area contributed by atoms with E-state index in [4.69, 9.17) is 9.47 Å². The van der Waals surface area contributed by atoms with Gasteiger partial charge in [0.1, 0.15) is 6.10 Å². The van der Waals surface area contributed by atoms with E-state index < -0.39 is 6.10 Å². The Morgan fingerprint density at radius 1 is 0.575 bits per heavy atom. The van der Waals surface area contributed by atoms with Gasteiger partial charge in [-0.05, 0) is 38.5 Å². The third-order valence-electron chi connectivity index (χ3n) is 7.84. The highest BCUT2D eigenvalue weighted by Crippen LogP contribution is 2.13. The van der Waals surface area contributed by atoms with Crippen LogP contribution in [-0.4, -0.2) is 37.0 Å². The first-order valence-electron chi connectivity index (χ1n) is 17.8. The second-order valence-corrected chi connectivity index (χ2v) is 11.9. The van der Waals surface area contributed by atoms with Gasteiger partial charge in [-0.25, -0.2) is 0 Å². The lowest BCUT2D eigenvalue weighted by molar-refractivity contribution is -0.154. The number of carbonyl (C=O) groups excluding carboxylic acids is 1. The second kappa shape index (κ2) is 34.3. The average molecular weight is 567 g/mol. The fourth-order valence-electron chi connectivity index (χ4n) is 5.15. The molecule has 40 heavy (non-hydrogen) atoms. The molecule has 0 aliphatic rings. The molecule has 0 bridgehead atoms. The number of hydrogen-bond donors (Lipinski definition) is 1. The maximum atomic E-state index is 12.1. The molecule has 0 fully saturated rings. The van der Waals surface area contributed by atoms with Crippen molar-refractivity contribution in [1.82, 2.24) is 0 Å². The topological polar surface area (TPSA) is 55.8 Å². The lowest BCUT2D eigenvalue weighted by atomic mass is 10.0. The Balaban J connectivity index is 3.43. The lowest BCUT2D eigenvalue weighted by Crippen LogP contribution is -2.27. The van der Waals surface area contributed by atoms with E-state index >= 15 is 0 Å². The van der Waals surface area contributed by atoms with Crippen LogP contribution in [0.5, 0.6) is 0 Å². The summed E-state index contributed by atoms with van der Waals surface area (Å²) in [6.07, 6.45) is 38.1. The fraction of sp³-hybridized carbons (Fsp3) is 0.917. The molecule has 0 saturated heterocycles. The highest BCUT2D eigenvalue weighted by atomic mass is 16.6. The van der Waals surface area contributed by atoms with Crippen LogP contribution in [0.4, 0.5) is 0 Å². The van der Waals surface area contributed by atoms with Gasteiger partial charge >= 0.3 is 5.97 Å². The molecule has 0 heterocycles. The fourth-order valence-corrected chi connectivity index (χ4v) is 5.15. The Labute approximate surface area is 250 Å². The zero-order valence-electron chi connectivity index (χ0n) is 27.1. The number of ether oxygens (including phenoxy) is 2. The molecule has 4 heteroatoms. The van der Waals surface area contributed by atoms with Gasteiger partial charge in [-0.1, -0.05) is 154 Å². The van der Waals surface area contributed by atoms with E-state index in [0.29, 0.717) is 19.6 Å². The number of carbonyl (C=O) groups is 1. The van der Waals surface area contributed by atoms with Crippen LogP contribution in [-0.2, 0) is 14.3 Å². The number of aliphatic hydroxyl groups is 1. The molecule has 1 atom stereocenters. The van der Waals surface area contributed by atoms with Crippen LogP contribution >= 0.6 is 0 Å². The minimum atomic E-state index is -0.530. The van der Waals surface area contributed by atoms with E-state index in [9.17, 15) is 9.90 Å². The minimum Gasteiger partial charge on any atom is -0.457 e. The van der Waals surface area contributed by atoms with Crippen molar-refractivity contribution in [2.45, 2.75) is 193 Å². The zero-order chi connectivity index (χ0) is 29.2. The van der Waals surface area contributed by atoms with Gasteiger partial charge in [0.15, 0.2) is 0 Å². The van der Waals surface area contributed by atoms with Gasteiger partial charge in [0.05, 0.1) is 13.2 Å².